The van der Waals surface area contributed by atoms with E-state index >= 15 is 0 Å². The largest absolute Gasteiger partial charge is 0.476 e. The second kappa shape index (κ2) is 6.89. The van der Waals surface area contributed by atoms with Gasteiger partial charge in [-0.2, -0.15) is 0 Å². The van der Waals surface area contributed by atoms with E-state index in [-0.39, 0.29) is 17.6 Å². The Bertz CT molecular complexity index is 334. The van der Waals surface area contributed by atoms with Crippen LogP contribution in [0.5, 0.6) is 0 Å². The molecule has 1 aliphatic heterocycles. The summed E-state index contributed by atoms with van der Waals surface area (Å²) in [5.74, 6) is 0.914. The number of nitrogens with zero attached hydrogens (tertiary/aromatic N) is 1. The van der Waals surface area contributed by atoms with E-state index in [1.165, 1.54) is 0 Å². The molecule has 110 valence electrons. The number of esters is 1. The SMILES string of the molecule is CCOC(=O)C1CC(CN=C(C)OC(C)(C)C)CN1. The number of rotatable bonds is 4. The van der Waals surface area contributed by atoms with Crippen LogP contribution >= 0.6 is 0 Å². The first-order valence-electron chi connectivity index (χ1n) is 6.92. The zero-order chi connectivity index (χ0) is 14.5. The predicted octanol–water partition coefficient (Wildman–Crippen LogP) is 1.76. The first-order chi connectivity index (χ1) is 8.81. The Morgan fingerprint density at radius 2 is 2.11 bits per heavy atom. The van der Waals surface area contributed by atoms with Crippen molar-refractivity contribution < 1.29 is 14.3 Å². The number of carbonyl (C=O) groups excluding carboxylic acids is 1. The van der Waals surface area contributed by atoms with Gasteiger partial charge in [-0.3, -0.25) is 9.79 Å². The van der Waals surface area contributed by atoms with E-state index in [1.807, 2.05) is 34.6 Å². The molecule has 1 fully saturated rings. The van der Waals surface area contributed by atoms with Crippen LogP contribution in [0.25, 0.3) is 0 Å². The fraction of sp³-hybridized carbons (Fsp3) is 0.857. The summed E-state index contributed by atoms with van der Waals surface area (Å²) in [5, 5.41) is 3.18. The summed E-state index contributed by atoms with van der Waals surface area (Å²) in [6.45, 7) is 11.6. The average molecular weight is 270 g/mol. The van der Waals surface area contributed by atoms with Gasteiger partial charge in [0.15, 0.2) is 5.90 Å². The van der Waals surface area contributed by atoms with Crippen LogP contribution < -0.4 is 5.32 Å². The molecule has 0 amide bonds. The molecule has 1 rings (SSSR count). The van der Waals surface area contributed by atoms with Crippen LogP contribution in [-0.4, -0.2) is 43.2 Å². The maximum absolute atomic E-state index is 11.6. The second-order valence-electron chi connectivity index (χ2n) is 5.89. The van der Waals surface area contributed by atoms with Gasteiger partial charge in [-0.1, -0.05) is 0 Å². The maximum atomic E-state index is 11.6. The van der Waals surface area contributed by atoms with Gasteiger partial charge < -0.3 is 14.8 Å². The highest BCUT2D eigenvalue weighted by atomic mass is 16.5. The molecule has 1 aliphatic rings. The molecule has 19 heavy (non-hydrogen) atoms. The van der Waals surface area contributed by atoms with Crippen molar-refractivity contribution in [1.29, 1.82) is 0 Å². The average Bonchev–Trinajstić information content (AvgIpc) is 2.73. The molecule has 0 spiro atoms. The number of ether oxygens (including phenoxy) is 2. The summed E-state index contributed by atoms with van der Waals surface area (Å²) in [7, 11) is 0. The van der Waals surface area contributed by atoms with Crippen molar-refractivity contribution in [2.45, 2.75) is 52.7 Å². The van der Waals surface area contributed by atoms with Gasteiger partial charge in [-0.25, -0.2) is 0 Å². The van der Waals surface area contributed by atoms with Gasteiger partial charge >= 0.3 is 5.97 Å². The molecule has 1 saturated heterocycles. The normalized spacial score (nSPS) is 24.4. The van der Waals surface area contributed by atoms with Crippen LogP contribution in [0.4, 0.5) is 0 Å². The van der Waals surface area contributed by atoms with Crippen LogP contribution in [-0.2, 0) is 14.3 Å². The molecular formula is C14H26N2O3. The van der Waals surface area contributed by atoms with Crippen LogP contribution in [0.1, 0.15) is 41.0 Å². The third-order valence-electron chi connectivity index (χ3n) is 2.82. The lowest BCUT2D eigenvalue weighted by Crippen LogP contribution is -2.32. The fourth-order valence-corrected chi connectivity index (χ4v) is 2.10. The Labute approximate surface area is 115 Å². The van der Waals surface area contributed by atoms with Gasteiger partial charge in [0.1, 0.15) is 11.6 Å². The van der Waals surface area contributed by atoms with E-state index in [9.17, 15) is 4.79 Å². The minimum absolute atomic E-state index is 0.156. The fourth-order valence-electron chi connectivity index (χ4n) is 2.10. The number of nitrogens with one attached hydrogen (secondary N) is 1. The summed E-state index contributed by atoms with van der Waals surface area (Å²) >= 11 is 0. The lowest BCUT2D eigenvalue weighted by Gasteiger charge is -2.20. The molecule has 2 unspecified atom stereocenters. The van der Waals surface area contributed by atoms with Crippen molar-refractivity contribution in [3.05, 3.63) is 0 Å². The molecule has 0 aromatic heterocycles. The van der Waals surface area contributed by atoms with Gasteiger partial charge in [0.25, 0.3) is 0 Å². The predicted molar refractivity (Wildman–Crippen MR) is 75.3 cm³/mol. The topological polar surface area (TPSA) is 59.9 Å². The Morgan fingerprint density at radius 1 is 1.42 bits per heavy atom. The zero-order valence-corrected chi connectivity index (χ0v) is 12.7. The van der Waals surface area contributed by atoms with E-state index < -0.39 is 0 Å². The Morgan fingerprint density at radius 3 is 2.68 bits per heavy atom. The zero-order valence-electron chi connectivity index (χ0n) is 12.7. The van der Waals surface area contributed by atoms with Gasteiger partial charge in [-0.05, 0) is 40.0 Å². The lowest BCUT2D eigenvalue weighted by atomic mass is 10.1. The quantitative estimate of drug-likeness (QED) is 0.480. The molecule has 0 aliphatic carbocycles. The third kappa shape index (κ3) is 6.05. The number of aliphatic imine (C=N–C) groups is 1. The minimum Gasteiger partial charge on any atom is -0.476 e. The van der Waals surface area contributed by atoms with E-state index in [0.29, 0.717) is 25.0 Å². The van der Waals surface area contributed by atoms with E-state index in [0.717, 1.165) is 13.0 Å². The Hall–Kier alpha value is -1.10. The van der Waals surface area contributed by atoms with Crippen molar-refractivity contribution in [2.24, 2.45) is 10.9 Å². The second-order valence-corrected chi connectivity index (χ2v) is 5.89. The van der Waals surface area contributed by atoms with Crippen molar-refractivity contribution >= 4 is 11.9 Å². The summed E-state index contributed by atoms with van der Waals surface area (Å²) in [6.07, 6.45) is 0.783. The van der Waals surface area contributed by atoms with Gasteiger partial charge in [0, 0.05) is 20.0 Å². The van der Waals surface area contributed by atoms with Gasteiger partial charge in [0.05, 0.1) is 6.61 Å². The number of hydrogen-bond donors (Lipinski definition) is 1. The molecule has 2 atom stereocenters. The van der Waals surface area contributed by atoms with E-state index in [4.69, 9.17) is 9.47 Å². The van der Waals surface area contributed by atoms with Crippen LogP contribution in [0.15, 0.2) is 4.99 Å². The standard InChI is InChI=1S/C14H26N2O3/c1-6-18-13(17)12-7-11(9-16-12)8-15-10(2)19-14(3,4)5/h11-12,16H,6-9H2,1-5H3. The first-order valence-corrected chi connectivity index (χ1v) is 6.92. The summed E-state index contributed by atoms with van der Waals surface area (Å²) < 4.78 is 10.7. The Balaban J connectivity index is 2.36. The summed E-state index contributed by atoms with van der Waals surface area (Å²) in [5.41, 5.74) is -0.213. The number of hydrogen-bond acceptors (Lipinski definition) is 5. The smallest absolute Gasteiger partial charge is 0.323 e. The highest BCUT2D eigenvalue weighted by molar-refractivity contribution is 5.76. The minimum atomic E-state index is -0.213. The molecular weight excluding hydrogens is 244 g/mol. The van der Waals surface area contributed by atoms with Gasteiger partial charge in [0.2, 0.25) is 0 Å². The maximum Gasteiger partial charge on any atom is 0.323 e. The van der Waals surface area contributed by atoms with Crippen molar-refractivity contribution in [1.82, 2.24) is 5.32 Å². The molecule has 0 radical (unpaired) electrons. The molecule has 0 saturated carbocycles. The third-order valence-corrected chi connectivity index (χ3v) is 2.82. The molecule has 1 N–H and O–H groups in total. The molecule has 5 nitrogen and oxygen atoms in total. The van der Waals surface area contributed by atoms with Crippen LogP contribution in [0.2, 0.25) is 0 Å². The number of carbonyl (C=O) groups is 1. The monoisotopic (exact) mass is 270 g/mol. The molecule has 1 heterocycles. The van der Waals surface area contributed by atoms with Crippen LogP contribution in [0, 0.1) is 5.92 Å². The molecule has 5 heteroatoms. The highest BCUT2D eigenvalue weighted by Gasteiger charge is 2.30. The highest BCUT2D eigenvalue weighted by Crippen LogP contribution is 2.16. The first kappa shape index (κ1) is 16.0. The van der Waals surface area contributed by atoms with Crippen LogP contribution in [0.3, 0.4) is 0 Å². The van der Waals surface area contributed by atoms with Gasteiger partial charge in [-0.15, -0.1) is 0 Å². The summed E-state index contributed by atoms with van der Waals surface area (Å²) in [6, 6.07) is -0.177. The summed E-state index contributed by atoms with van der Waals surface area (Å²) in [4.78, 5) is 16.0. The van der Waals surface area contributed by atoms with Crippen molar-refractivity contribution in [2.75, 3.05) is 19.7 Å². The van der Waals surface area contributed by atoms with Crippen molar-refractivity contribution in [3.63, 3.8) is 0 Å². The molecule has 0 aromatic carbocycles. The van der Waals surface area contributed by atoms with E-state index in [1.54, 1.807) is 0 Å². The van der Waals surface area contributed by atoms with Crippen molar-refractivity contribution in [3.8, 4) is 0 Å². The molecule has 0 aromatic rings. The van der Waals surface area contributed by atoms with E-state index in [2.05, 4.69) is 10.3 Å². The lowest BCUT2D eigenvalue weighted by molar-refractivity contribution is -0.145. The molecule has 0 bridgehead atoms. The Kier molecular flexibility index (Phi) is 5.79.